The van der Waals surface area contributed by atoms with Crippen molar-refractivity contribution in [1.82, 2.24) is 15.3 Å². The first kappa shape index (κ1) is 15.8. The van der Waals surface area contributed by atoms with E-state index in [4.69, 9.17) is 0 Å². The topological polar surface area (TPSA) is 69.8 Å². The summed E-state index contributed by atoms with van der Waals surface area (Å²) < 4.78 is 0. The molecule has 25 heavy (non-hydrogen) atoms. The third-order valence-electron chi connectivity index (χ3n) is 4.78. The van der Waals surface area contributed by atoms with Crippen molar-refractivity contribution >= 4 is 22.6 Å². The largest absolute Gasteiger partial charge is 0.346 e. The number of benzene rings is 1. The Bertz CT molecular complexity index is 880. The Labute approximate surface area is 146 Å². The highest BCUT2D eigenvalue weighted by atomic mass is 16.2. The van der Waals surface area contributed by atoms with Gasteiger partial charge in [-0.15, -0.1) is 0 Å². The molecule has 5 heteroatoms. The molecule has 128 valence electrons. The van der Waals surface area contributed by atoms with Gasteiger partial charge in [0.25, 0.3) is 0 Å². The molecule has 1 aliphatic carbocycles. The van der Waals surface area contributed by atoms with Gasteiger partial charge in [0.15, 0.2) is 0 Å². The molecule has 1 atom stereocenters. The van der Waals surface area contributed by atoms with Crippen LogP contribution in [0.4, 0.5) is 5.69 Å². The van der Waals surface area contributed by atoms with E-state index in [1.165, 1.54) is 11.1 Å². The van der Waals surface area contributed by atoms with Crippen molar-refractivity contribution in [1.29, 1.82) is 0 Å². The van der Waals surface area contributed by atoms with Gasteiger partial charge < -0.3 is 15.6 Å². The molecule has 0 radical (unpaired) electrons. The fraction of sp³-hybridized carbons (Fsp3) is 0.300. The van der Waals surface area contributed by atoms with Gasteiger partial charge in [0.1, 0.15) is 5.65 Å². The van der Waals surface area contributed by atoms with E-state index in [0.717, 1.165) is 36.1 Å². The summed E-state index contributed by atoms with van der Waals surface area (Å²) in [6.45, 7) is 2.92. The van der Waals surface area contributed by atoms with Crippen LogP contribution in [0.1, 0.15) is 36.9 Å². The predicted molar refractivity (Wildman–Crippen MR) is 99.1 cm³/mol. The van der Waals surface area contributed by atoms with Crippen LogP contribution in [0.25, 0.3) is 11.0 Å². The highest BCUT2D eigenvalue weighted by Crippen LogP contribution is 2.30. The minimum Gasteiger partial charge on any atom is -0.346 e. The van der Waals surface area contributed by atoms with E-state index >= 15 is 0 Å². The zero-order chi connectivity index (χ0) is 17.2. The molecule has 3 N–H and O–H groups in total. The number of pyridine rings is 1. The summed E-state index contributed by atoms with van der Waals surface area (Å²) >= 11 is 0. The molecule has 0 saturated heterocycles. The van der Waals surface area contributed by atoms with Crippen LogP contribution in [-0.4, -0.2) is 15.9 Å². The van der Waals surface area contributed by atoms with E-state index in [9.17, 15) is 4.79 Å². The van der Waals surface area contributed by atoms with Crippen LogP contribution in [0.3, 0.4) is 0 Å². The van der Waals surface area contributed by atoms with Crippen molar-refractivity contribution in [2.45, 2.75) is 32.4 Å². The molecule has 0 aliphatic heterocycles. The van der Waals surface area contributed by atoms with E-state index in [-0.39, 0.29) is 17.9 Å². The van der Waals surface area contributed by atoms with Crippen molar-refractivity contribution in [3.63, 3.8) is 0 Å². The van der Waals surface area contributed by atoms with Gasteiger partial charge in [-0.25, -0.2) is 4.98 Å². The summed E-state index contributed by atoms with van der Waals surface area (Å²) in [6, 6.07) is 12.4. The Morgan fingerprint density at radius 2 is 2.04 bits per heavy atom. The number of fused-ring (bicyclic) bond motifs is 1. The number of rotatable bonds is 6. The minimum absolute atomic E-state index is 0.145. The van der Waals surface area contributed by atoms with E-state index in [1.54, 1.807) is 0 Å². The van der Waals surface area contributed by atoms with Crippen LogP contribution in [0, 0.1) is 5.92 Å². The van der Waals surface area contributed by atoms with Crippen LogP contribution in [0.5, 0.6) is 0 Å². The van der Waals surface area contributed by atoms with E-state index in [0.29, 0.717) is 0 Å². The minimum atomic E-state index is 0.145. The van der Waals surface area contributed by atoms with Gasteiger partial charge in [-0.3, -0.25) is 4.79 Å². The molecule has 1 saturated carbocycles. The van der Waals surface area contributed by atoms with Crippen LogP contribution in [-0.2, 0) is 11.3 Å². The molecule has 1 aliphatic rings. The molecule has 1 unspecified atom stereocenters. The van der Waals surface area contributed by atoms with Crippen molar-refractivity contribution in [3.8, 4) is 0 Å². The number of hydrogen-bond donors (Lipinski definition) is 3. The molecule has 1 fully saturated rings. The van der Waals surface area contributed by atoms with Gasteiger partial charge >= 0.3 is 0 Å². The third-order valence-corrected chi connectivity index (χ3v) is 4.78. The van der Waals surface area contributed by atoms with Gasteiger partial charge in [0.05, 0.1) is 0 Å². The van der Waals surface area contributed by atoms with Crippen LogP contribution in [0.2, 0.25) is 0 Å². The zero-order valence-corrected chi connectivity index (χ0v) is 14.3. The number of nitrogens with zero attached hydrogens (tertiary/aromatic N) is 1. The van der Waals surface area contributed by atoms with Gasteiger partial charge in [-0.1, -0.05) is 12.1 Å². The van der Waals surface area contributed by atoms with Gasteiger partial charge in [0, 0.05) is 42.0 Å². The lowest BCUT2D eigenvalue weighted by Crippen LogP contribution is -2.18. The van der Waals surface area contributed by atoms with E-state index < -0.39 is 0 Å². The van der Waals surface area contributed by atoms with Gasteiger partial charge in [0.2, 0.25) is 5.91 Å². The Morgan fingerprint density at radius 3 is 2.80 bits per heavy atom. The molecule has 0 spiro atoms. The molecular weight excluding hydrogens is 312 g/mol. The summed E-state index contributed by atoms with van der Waals surface area (Å²) in [7, 11) is 0. The lowest BCUT2D eigenvalue weighted by atomic mass is 10.1. The van der Waals surface area contributed by atoms with Crippen molar-refractivity contribution in [2.24, 2.45) is 5.92 Å². The number of carbonyl (C=O) groups is 1. The van der Waals surface area contributed by atoms with Crippen LogP contribution >= 0.6 is 0 Å². The molecule has 1 aromatic carbocycles. The Kier molecular flexibility index (Phi) is 4.24. The van der Waals surface area contributed by atoms with E-state index in [2.05, 4.69) is 45.7 Å². The van der Waals surface area contributed by atoms with E-state index in [1.807, 2.05) is 30.6 Å². The summed E-state index contributed by atoms with van der Waals surface area (Å²) in [5, 5.41) is 7.68. The van der Waals surface area contributed by atoms with Crippen molar-refractivity contribution < 1.29 is 4.79 Å². The second kappa shape index (κ2) is 6.69. The fourth-order valence-electron chi connectivity index (χ4n) is 3.00. The first-order valence-corrected chi connectivity index (χ1v) is 8.76. The summed E-state index contributed by atoms with van der Waals surface area (Å²) in [6.07, 6.45) is 5.79. The number of H-pyrrole nitrogens is 1. The maximum absolute atomic E-state index is 11.8. The van der Waals surface area contributed by atoms with Crippen molar-refractivity contribution in [2.75, 3.05) is 5.32 Å². The standard InChI is InChI=1S/C20H22N4O/c1-13(23-12-16-8-10-21-19-18(16)9-11-22-19)14-4-6-17(7-5-14)24-20(25)15-2-3-15/h4-11,13,15,23H,2-3,12H2,1H3,(H,21,22)(H,24,25). The Morgan fingerprint density at radius 1 is 1.24 bits per heavy atom. The highest BCUT2D eigenvalue weighted by Gasteiger charge is 2.29. The summed E-state index contributed by atoms with van der Waals surface area (Å²) in [4.78, 5) is 19.3. The normalized spacial score (nSPS) is 15.2. The maximum atomic E-state index is 11.8. The lowest BCUT2D eigenvalue weighted by molar-refractivity contribution is -0.117. The van der Waals surface area contributed by atoms with Crippen molar-refractivity contribution in [3.05, 3.63) is 59.9 Å². The van der Waals surface area contributed by atoms with Crippen LogP contribution < -0.4 is 10.6 Å². The maximum Gasteiger partial charge on any atom is 0.227 e. The molecule has 0 bridgehead atoms. The fourth-order valence-corrected chi connectivity index (χ4v) is 3.00. The second-order valence-electron chi connectivity index (χ2n) is 6.70. The number of amides is 1. The first-order chi connectivity index (χ1) is 12.2. The van der Waals surface area contributed by atoms with Crippen LogP contribution in [0.15, 0.2) is 48.8 Å². The number of nitrogens with one attached hydrogen (secondary N) is 3. The molecule has 3 aromatic rings. The quantitative estimate of drug-likeness (QED) is 0.643. The monoisotopic (exact) mass is 334 g/mol. The molecular formula is C20H22N4O. The van der Waals surface area contributed by atoms with Gasteiger partial charge in [-0.2, -0.15) is 0 Å². The molecule has 2 heterocycles. The SMILES string of the molecule is CC(NCc1ccnc2[nH]ccc12)c1ccc(NC(=O)C2CC2)cc1. The molecule has 1 amide bonds. The number of aromatic nitrogens is 2. The summed E-state index contributed by atoms with van der Waals surface area (Å²) in [5.74, 6) is 0.373. The van der Waals surface area contributed by atoms with Gasteiger partial charge in [-0.05, 0) is 55.2 Å². The smallest absolute Gasteiger partial charge is 0.227 e. The zero-order valence-electron chi connectivity index (χ0n) is 14.3. The summed E-state index contributed by atoms with van der Waals surface area (Å²) in [5.41, 5.74) is 4.22. The lowest BCUT2D eigenvalue weighted by Gasteiger charge is -2.15. The number of anilines is 1. The average Bonchev–Trinajstić information content (AvgIpc) is 3.37. The second-order valence-corrected chi connectivity index (χ2v) is 6.70. The Balaban J connectivity index is 1.38. The average molecular weight is 334 g/mol. The molecule has 2 aromatic heterocycles. The molecule has 5 nitrogen and oxygen atoms in total. The third kappa shape index (κ3) is 3.56. The molecule has 4 rings (SSSR count). The predicted octanol–water partition coefficient (Wildman–Crippen LogP) is 3.76. The number of hydrogen-bond acceptors (Lipinski definition) is 3. The Hall–Kier alpha value is -2.66. The highest BCUT2D eigenvalue weighted by molar-refractivity contribution is 5.94. The number of aromatic amines is 1. The first-order valence-electron chi connectivity index (χ1n) is 8.76. The number of carbonyl (C=O) groups excluding carboxylic acids is 1.